The molecular formula is C13H20N4O2. The highest BCUT2D eigenvalue weighted by molar-refractivity contribution is 5.82. The van der Waals surface area contributed by atoms with E-state index in [0.29, 0.717) is 5.69 Å². The van der Waals surface area contributed by atoms with Crippen LogP contribution in [0.3, 0.4) is 0 Å². The summed E-state index contributed by atoms with van der Waals surface area (Å²) in [7, 11) is 1.84. The smallest absolute Gasteiger partial charge is 0.239 e. The maximum atomic E-state index is 12.0. The van der Waals surface area contributed by atoms with Crippen molar-refractivity contribution in [2.75, 3.05) is 37.4 Å². The lowest BCUT2D eigenvalue weighted by molar-refractivity contribution is -0.121. The Morgan fingerprint density at radius 1 is 1.58 bits per heavy atom. The average molecular weight is 264 g/mol. The van der Waals surface area contributed by atoms with Gasteiger partial charge in [0.05, 0.1) is 24.1 Å². The molecule has 1 aromatic heterocycles. The van der Waals surface area contributed by atoms with E-state index < -0.39 is 0 Å². The van der Waals surface area contributed by atoms with Gasteiger partial charge in [-0.3, -0.25) is 9.78 Å². The number of nitrogens with two attached hydrogens (primary N) is 1. The van der Waals surface area contributed by atoms with E-state index in [9.17, 15) is 4.79 Å². The first-order valence-electron chi connectivity index (χ1n) is 6.44. The first kappa shape index (κ1) is 13.6. The molecule has 0 bridgehead atoms. The Hall–Kier alpha value is -1.82. The summed E-state index contributed by atoms with van der Waals surface area (Å²) in [5, 5.41) is 3.02. The molecule has 0 saturated carbocycles. The topological polar surface area (TPSA) is 80.5 Å². The number of pyridine rings is 1. The van der Waals surface area contributed by atoms with Crippen molar-refractivity contribution in [1.29, 1.82) is 0 Å². The molecule has 1 fully saturated rings. The van der Waals surface area contributed by atoms with Crippen molar-refractivity contribution < 1.29 is 9.53 Å². The molecule has 0 aliphatic carbocycles. The predicted octanol–water partition coefficient (Wildman–Crippen LogP) is 0.395. The average Bonchev–Trinajstić information content (AvgIpc) is 2.40. The standard InChI is InChI=1S/C13H20N4O2/c1-17(12-2-5-15-8-11(12)14)9-13(18)16-10-3-6-19-7-4-10/h2,5,8,10H,3-4,6-7,9,14H2,1H3,(H,16,18). The van der Waals surface area contributed by atoms with Gasteiger partial charge in [-0.2, -0.15) is 0 Å². The number of hydrogen-bond acceptors (Lipinski definition) is 5. The number of amides is 1. The summed E-state index contributed by atoms with van der Waals surface area (Å²) in [6.07, 6.45) is 5.01. The Bertz CT molecular complexity index is 432. The van der Waals surface area contributed by atoms with Gasteiger partial charge >= 0.3 is 0 Å². The third-order valence-electron chi connectivity index (χ3n) is 3.21. The second-order valence-corrected chi connectivity index (χ2v) is 4.74. The molecule has 1 aromatic rings. The highest BCUT2D eigenvalue weighted by Gasteiger charge is 2.17. The molecule has 19 heavy (non-hydrogen) atoms. The molecule has 2 heterocycles. The molecule has 1 saturated heterocycles. The van der Waals surface area contributed by atoms with Crippen LogP contribution in [0.1, 0.15) is 12.8 Å². The van der Waals surface area contributed by atoms with Crippen LogP contribution in [0.2, 0.25) is 0 Å². The number of nitrogens with one attached hydrogen (secondary N) is 1. The Balaban J connectivity index is 1.86. The molecule has 6 heteroatoms. The Kier molecular flexibility index (Phi) is 4.57. The Labute approximate surface area is 112 Å². The second kappa shape index (κ2) is 6.38. The number of rotatable bonds is 4. The van der Waals surface area contributed by atoms with E-state index >= 15 is 0 Å². The minimum atomic E-state index is 0.00520. The highest BCUT2D eigenvalue weighted by Crippen LogP contribution is 2.19. The van der Waals surface area contributed by atoms with E-state index in [1.54, 1.807) is 18.5 Å². The van der Waals surface area contributed by atoms with Gasteiger partial charge in [0, 0.05) is 32.5 Å². The van der Waals surface area contributed by atoms with Crippen LogP contribution in [0.5, 0.6) is 0 Å². The lowest BCUT2D eigenvalue weighted by Crippen LogP contribution is -2.43. The van der Waals surface area contributed by atoms with E-state index in [1.807, 2.05) is 11.9 Å². The lowest BCUT2D eigenvalue weighted by Gasteiger charge is -2.25. The molecule has 3 N–H and O–H groups in total. The van der Waals surface area contributed by atoms with Gasteiger partial charge in [0.2, 0.25) is 5.91 Å². The van der Waals surface area contributed by atoms with Gasteiger partial charge in [-0.15, -0.1) is 0 Å². The van der Waals surface area contributed by atoms with Gasteiger partial charge in [0.15, 0.2) is 0 Å². The molecule has 1 amide bonds. The number of aromatic nitrogens is 1. The number of nitrogen functional groups attached to an aromatic ring is 1. The van der Waals surface area contributed by atoms with Crippen LogP contribution in [0.25, 0.3) is 0 Å². The Morgan fingerprint density at radius 3 is 3.00 bits per heavy atom. The van der Waals surface area contributed by atoms with Crippen molar-refractivity contribution in [1.82, 2.24) is 10.3 Å². The van der Waals surface area contributed by atoms with Gasteiger partial charge < -0.3 is 20.7 Å². The molecule has 0 unspecified atom stereocenters. The van der Waals surface area contributed by atoms with Crippen LogP contribution in [-0.2, 0) is 9.53 Å². The van der Waals surface area contributed by atoms with E-state index in [-0.39, 0.29) is 18.5 Å². The summed E-state index contributed by atoms with van der Waals surface area (Å²) >= 11 is 0. The SMILES string of the molecule is CN(CC(=O)NC1CCOCC1)c1ccncc1N. The summed E-state index contributed by atoms with van der Waals surface area (Å²) in [6.45, 7) is 1.72. The second-order valence-electron chi connectivity index (χ2n) is 4.74. The fraction of sp³-hybridized carbons (Fsp3) is 0.538. The van der Waals surface area contributed by atoms with Crippen LogP contribution in [0.4, 0.5) is 11.4 Å². The van der Waals surface area contributed by atoms with E-state index in [1.165, 1.54) is 0 Å². The zero-order valence-corrected chi connectivity index (χ0v) is 11.1. The van der Waals surface area contributed by atoms with Crippen molar-refractivity contribution in [3.05, 3.63) is 18.5 Å². The first-order valence-corrected chi connectivity index (χ1v) is 6.44. The van der Waals surface area contributed by atoms with Crippen LogP contribution in [-0.4, -0.2) is 43.7 Å². The van der Waals surface area contributed by atoms with Gasteiger partial charge in [0.1, 0.15) is 0 Å². The molecule has 0 radical (unpaired) electrons. The molecule has 6 nitrogen and oxygen atoms in total. The van der Waals surface area contributed by atoms with Crippen LogP contribution < -0.4 is 16.0 Å². The quantitative estimate of drug-likeness (QED) is 0.822. The number of likely N-dealkylation sites (N-methyl/N-ethyl adjacent to an activating group) is 1. The summed E-state index contributed by atoms with van der Waals surface area (Å²) in [5.74, 6) is 0.00520. The summed E-state index contributed by atoms with van der Waals surface area (Å²) in [6, 6.07) is 2.03. The number of ether oxygens (including phenoxy) is 1. The monoisotopic (exact) mass is 264 g/mol. The summed E-state index contributed by atoms with van der Waals surface area (Å²) in [5.41, 5.74) is 7.22. The van der Waals surface area contributed by atoms with Crippen molar-refractivity contribution >= 4 is 17.3 Å². The maximum Gasteiger partial charge on any atom is 0.239 e. The molecule has 0 atom stereocenters. The van der Waals surface area contributed by atoms with E-state index in [0.717, 1.165) is 31.7 Å². The molecule has 0 spiro atoms. The third kappa shape index (κ3) is 3.82. The van der Waals surface area contributed by atoms with Crippen LogP contribution in [0, 0.1) is 0 Å². The zero-order chi connectivity index (χ0) is 13.7. The summed E-state index contributed by atoms with van der Waals surface area (Å²) < 4.78 is 5.26. The molecule has 0 aromatic carbocycles. The fourth-order valence-corrected chi connectivity index (χ4v) is 2.16. The van der Waals surface area contributed by atoms with E-state index in [4.69, 9.17) is 10.5 Å². The van der Waals surface area contributed by atoms with Gasteiger partial charge in [-0.05, 0) is 18.9 Å². The largest absolute Gasteiger partial charge is 0.396 e. The predicted molar refractivity (Wildman–Crippen MR) is 73.9 cm³/mol. The van der Waals surface area contributed by atoms with E-state index in [2.05, 4.69) is 10.3 Å². The minimum Gasteiger partial charge on any atom is -0.396 e. The number of carbonyl (C=O) groups excluding carboxylic acids is 1. The minimum absolute atomic E-state index is 0.00520. The molecule has 1 aliphatic heterocycles. The van der Waals surface area contributed by atoms with Gasteiger partial charge in [-0.25, -0.2) is 0 Å². The number of hydrogen-bond donors (Lipinski definition) is 2. The normalized spacial score (nSPS) is 16.1. The van der Waals surface area contributed by atoms with Gasteiger partial charge in [-0.1, -0.05) is 0 Å². The number of anilines is 2. The van der Waals surface area contributed by atoms with Crippen molar-refractivity contribution in [3.8, 4) is 0 Å². The first-order chi connectivity index (χ1) is 9.16. The maximum absolute atomic E-state index is 12.0. The summed E-state index contributed by atoms with van der Waals surface area (Å²) in [4.78, 5) is 17.7. The van der Waals surface area contributed by atoms with Crippen molar-refractivity contribution in [2.45, 2.75) is 18.9 Å². The van der Waals surface area contributed by atoms with Crippen LogP contribution >= 0.6 is 0 Å². The molecule has 104 valence electrons. The van der Waals surface area contributed by atoms with Crippen LogP contribution in [0.15, 0.2) is 18.5 Å². The zero-order valence-electron chi connectivity index (χ0n) is 11.1. The third-order valence-corrected chi connectivity index (χ3v) is 3.21. The van der Waals surface area contributed by atoms with Crippen molar-refractivity contribution in [3.63, 3.8) is 0 Å². The molecule has 2 rings (SSSR count). The highest BCUT2D eigenvalue weighted by atomic mass is 16.5. The lowest BCUT2D eigenvalue weighted by atomic mass is 10.1. The molecular weight excluding hydrogens is 244 g/mol. The molecule has 1 aliphatic rings. The number of nitrogens with zero attached hydrogens (tertiary/aromatic N) is 2. The van der Waals surface area contributed by atoms with Gasteiger partial charge in [0.25, 0.3) is 0 Å². The van der Waals surface area contributed by atoms with Crippen molar-refractivity contribution in [2.24, 2.45) is 0 Å². The fourth-order valence-electron chi connectivity index (χ4n) is 2.16. The number of carbonyl (C=O) groups is 1. The Morgan fingerprint density at radius 2 is 2.32 bits per heavy atom.